The van der Waals surface area contributed by atoms with Gasteiger partial charge in [-0.15, -0.1) is 0 Å². The molecule has 0 unspecified atom stereocenters. The molecule has 6 heteroatoms. The average Bonchev–Trinajstić information content (AvgIpc) is 2.32. The summed E-state index contributed by atoms with van der Waals surface area (Å²) in [6.07, 6.45) is 0. The summed E-state index contributed by atoms with van der Waals surface area (Å²) in [4.78, 5) is 12.1. The van der Waals surface area contributed by atoms with Crippen LogP contribution in [-0.2, 0) is 0 Å². The molecule has 0 heterocycles. The molecule has 0 radical (unpaired) electrons. The van der Waals surface area contributed by atoms with Crippen LogP contribution in [0.3, 0.4) is 0 Å². The smallest absolute Gasteiger partial charge is 0.257 e. The van der Waals surface area contributed by atoms with Crippen molar-refractivity contribution >= 4 is 56.4 Å². The van der Waals surface area contributed by atoms with Crippen LogP contribution < -0.4 is 11.1 Å². The summed E-state index contributed by atoms with van der Waals surface area (Å²) in [6.45, 7) is 0. The van der Waals surface area contributed by atoms with Gasteiger partial charge in [0.15, 0.2) is 0 Å². The van der Waals surface area contributed by atoms with E-state index in [0.717, 1.165) is 4.47 Å². The molecule has 0 saturated heterocycles. The van der Waals surface area contributed by atoms with E-state index < -0.39 is 0 Å². The number of halogens is 3. The highest BCUT2D eigenvalue weighted by Gasteiger charge is 2.12. The Morgan fingerprint density at radius 2 is 1.84 bits per heavy atom. The highest BCUT2D eigenvalue weighted by Crippen LogP contribution is 2.27. The molecule has 3 nitrogen and oxygen atoms in total. The van der Waals surface area contributed by atoms with Crippen LogP contribution in [0.5, 0.6) is 0 Å². The fraction of sp³-hybridized carbons (Fsp3) is 0. The highest BCUT2D eigenvalue weighted by molar-refractivity contribution is 9.10. The fourth-order valence-electron chi connectivity index (χ4n) is 1.50. The van der Waals surface area contributed by atoms with Gasteiger partial charge in [0, 0.05) is 10.2 Å². The van der Waals surface area contributed by atoms with Crippen LogP contribution in [-0.4, -0.2) is 5.91 Å². The van der Waals surface area contributed by atoms with Gasteiger partial charge in [-0.1, -0.05) is 39.1 Å². The van der Waals surface area contributed by atoms with Crippen molar-refractivity contribution in [3.8, 4) is 0 Å². The number of hydrogen-bond donors (Lipinski definition) is 2. The minimum absolute atomic E-state index is 0.297. The van der Waals surface area contributed by atoms with Crippen molar-refractivity contribution < 1.29 is 4.79 Å². The lowest BCUT2D eigenvalue weighted by molar-refractivity contribution is 0.102. The van der Waals surface area contributed by atoms with Crippen molar-refractivity contribution in [3.63, 3.8) is 0 Å². The van der Waals surface area contributed by atoms with Crippen LogP contribution in [0.4, 0.5) is 11.4 Å². The highest BCUT2D eigenvalue weighted by atomic mass is 79.9. The Kier molecular flexibility index (Phi) is 4.34. The van der Waals surface area contributed by atoms with Crippen LogP contribution in [0.1, 0.15) is 10.4 Å². The number of rotatable bonds is 2. The molecule has 0 bridgehead atoms. The number of anilines is 2. The Labute approximate surface area is 128 Å². The SMILES string of the molecule is Nc1ccc(C(=O)Nc2ccc(Br)cc2Cl)c(Cl)c1. The maximum absolute atomic E-state index is 12.1. The second-order valence-corrected chi connectivity index (χ2v) is 5.55. The first-order chi connectivity index (χ1) is 8.97. The van der Waals surface area contributed by atoms with Gasteiger partial charge in [-0.25, -0.2) is 0 Å². The number of nitrogen functional groups attached to an aromatic ring is 1. The third kappa shape index (κ3) is 3.41. The van der Waals surface area contributed by atoms with Gasteiger partial charge in [0.25, 0.3) is 5.91 Å². The average molecular weight is 360 g/mol. The number of carbonyl (C=O) groups excluding carboxylic acids is 1. The summed E-state index contributed by atoms with van der Waals surface area (Å²) in [6, 6.07) is 9.90. The first-order valence-electron chi connectivity index (χ1n) is 5.29. The zero-order valence-electron chi connectivity index (χ0n) is 9.58. The van der Waals surface area contributed by atoms with E-state index in [1.165, 1.54) is 6.07 Å². The molecule has 2 aromatic rings. The zero-order chi connectivity index (χ0) is 14.0. The van der Waals surface area contributed by atoms with Crippen LogP contribution >= 0.6 is 39.1 Å². The Morgan fingerprint density at radius 3 is 2.47 bits per heavy atom. The Bertz CT molecular complexity index is 647. The molecule has 98 valence electrons. The largest absolute Gasteiger partial charge is 0.399 e. The van der Waals surface area contributed by atoms with E-state index in [-0.39, 0.29) is 5.91 Å². The molecule has 0 aliphatic carbocycles. The standard InChI is InChI=1S/C13H9BrCl2N2O/c14-7-1-4-12(11(16)5-7)18-13(19)9-3-2-8(17)6-10(9)15/h1-6H,17H2,(H,18,19). The van der Waals surface area contributed by atoms with Gasteiger partial charge in [0.2, 0.25) is 0 Å². The van der Waals surface area contributed by atoms with E-state index in [2.05, 4.69) is 21.2 Å². The number of hydrogen-bond acceptors (Lipinski definition) is 2. The van der Waals surface area contributed by atoms with Gasteiger partial charge in [0.1, 0.15) is 0 Å². The van der Waals surface area contributed by atoms with Crippen molar-refractivity contribution in [2.45, 2.75) is 0 Å². The van der Waals surface area contributed by atoms with E-state index in [0.29, 0.717) is 27.0 Å². The summed E-state index contributed by atoms with van der Waals surface area (Å²) < 4.78 is 0.834. The molecule has 3 N–H and O–H groups in total. The first-order valence-corrected chi connectivity index (χ1v) is 6.83. The van der Waals surface area contributed by atoms with Crippen LogP contribution in [0.15, 0.2) is 40.9 Å². The van der Waals surface area contributed by atoms with Crippen LogP contribution in [0.25, 0.3) is 0 Å². The fourth-order valence-corrected chi connectivity index (χ4v) is 2.49. The van der Waals surface area contributed by atoms with Gasteiger partial charge < -0.3 is 11.1 Å². The van der Waals surface area contributed by atoms with Crippen molar-refractivity contribution in [1.29, 1.82) is 0 Å². The lowest BCUT2D eigenvalue weighted by Crippen LogP contribution is -2.12. The summed E-state index contributed by atoms with van der Waals surface area (Å²) >= 11 is 15.3. The number of nitrogens with one attached hydrogen (secondary N) is 1. The van der Waals surface area contributed by atoms with Gasteiger partial charge in [0.05, 0.1) is 21.3 Å². The predicted molar refractivity (Wildman–Crippen MR) is 83.0 cm³/mol. The predicted octanol–water partition coefficient (Wildman–Crippen LogP) is 4.59. The van der Waals surface area contributed by atoms with Gasteiger partial charge in [-0.2, -0.15) is 0 Å². The molecule has 0 saturated carbocycles. The molecule has 0 aliphatic rings. The molecular weight excluding hydrogens is 351 g/mol. The van der Waals surface area contributed by atoms with Crippen molar-refractivity contribution in [2.75, 3.05) is 11.1 Å². The Balaban J connectivity index is 2.25. The molecule has 1 amide bonds. The molecule has 0 aromatic heterocycles. The summed E-state index contributed by atoms with van der Waals surface area (Å²) in [5.41, 5.74) is 6.94. The lowest BCUT2D eigenvalue weighted by atomic mass is 10.2. The van der Waals surface area contributed by atoms with Crippen molar-refractivity contribution in [1.82, 2.24) is 0 Å². The van der Waals surface area contributed by atoms with Gasteiger partial charge in [-0.05, 0) is 36.4 Å². The monoisotopic (exact) mass is 358 g/mol. The number of benzene rings is 2. The molecule has 2 aromatic carbocycles. The normalized spacial score (nSPS) is 10.3. The Hall–Kier alpha value is -1.23. The molecular formula is C13H9BrCl2N2O. The molecule has 0 spiro atoms. The molecule has 19 heavy (non-hydrogen) atoms. The van der Waals surface area contributed by atoms with Crippen molar-refractivity contribution in [2.24, 2.45) is 0 Å². The maximum Gasteiger partial charge on any atom is 0.257 e. The molecule has 0 aliphatic heterocycles. The number of nitrogens with two attached hydrogens (primary N) is 1. The second kappa shape index (κ2) is 5.82. The Morgan fingerprint density at radius 1 is 1.11 bits per heavy atom. The van der Waals surface area contributed by atoms with E-state index in [1.54, 1.807) is 30.3 Å². The van der Waals surface area contributed by atoms with Crippen LogP contribution in [0, 0.1) is 0 Å². The number of amides is 1. The third-order valence-corrected chi connectivity index (χ3v) is 3.54. The van der Waals surface area contributed by atoms with E-state index in [1.807, 2.05) is 0 Å². The molecule has 0 fully saturated rings. The minimum atomic E-state index is -0.339. The minimum Gasteiger partial charge on any atom is -0.399 e. The lowest BCUT2D eigenvalue weighted by Gasteiger charge is -2.09. The summed E-state index contributed by atoms with van der Waals surface area (Å²) in [5.74, 6) is -0.339. The summed E-state index contributed by atoms with van der Waals surface area (Å²) in [7, 11) is 0. The maximum atomic E-state index is 12.1. The summed E-state index contributed by atoms with van der Waals surface area (Å²) in [5, 5.41) is 3.43. The molecule has 0 atom stereocenters. The van der Waals surface area contributed by atoms with Gasteiger partial charge >= 0.3 is 0 Å². The topological polar surface area (TPSA) is 55.1 Å². The van der Waals surface area contributed by atoms with Gasteiger partial charge in [-0.3, -0.25) is 4.79 Å². The van der Waals surface area contributed by atoms with E-state index >= 15 is 0 Å². The zero-order valence-corrected chi connectivity index (χ0v) is 12.7. The van der Waals surface area contributed by atoms with Crippen LogP contribution in [0.2, 0.25) is 10.0 Å². The quantitative estimate of drug-likeness (QED) is 0.770. The molecule has 2 rings (SSSR count). The first kappa shape index (κ1) is 14.2. The van der Waals surface area contributed by atoms with E-state index in [9.17, 15) is 4.79 Å². The number of carbonyl (C=O) groups is 1. The second-order valence-electron chi connectivity index (χ2n) is 3.82. The van der Waals surface area contributed by atoms with E-state index in [4.69, 9.17) is 28.9 Å². The van der Waals surface area contributed by atoms with Crippen molar-refractivity contribution in [3.05, 3.63) is 56.5 Å². The third-order valence-electron chi connectivity index (χ3n) is 2.42.